The van der Waals surface area contributed by atoms with E-state index in [1.54, 1.807) is 12.1 Å². The molecule has 0 spiro atoms. The van der Waals surface area contributed by atoms with Gasteiger partial charge in [-0.3, -0.25) is 0 Å². The van der Waals surface area contributed by atoms with Gasteiger partial charge in [0.15, 0.2) is 0 Å². The van der Waals surface area contributed by atoms with Gasteiger partial charge in [-0.1, -0.05) is 65.7 Å². The van der Waals surface area contributed by atoms with Gasteiger partial charge in [-0.15, -0.1) is 0 Å². The van der Waals surface area contributed by atoms with Crippen molar-refractivity contribution in [2.45, 2.75) is 64.3 Å². The fraction of sp³-hybridized carbons (Fsp3) is 0.357. The predicted octanol–water partition coefficient (Wildman–Crippen LogP) is 8.11. The molecule has 0 N–H and O–H groups in total. The standard InChI is InChI=1S/C28H30BrFO2/c1-2-6-20-11-12-26(18-27(20)21-8-5-9-23(30)17-21)32-25-15-13-24(14-16-25)31-19-22-7-3-4-10-28(22)29/h3-5,7-12,17-18,24-25H,2,6,13-16,19H2,1H3. The van der Waals surface area contributed by atoms with Crippen molar-refractivity contribution < 1.29 is 13.9 Å². The molecule has 1 saturated carbocycles. The zero-order chi connectivity index (χ0) is 22.3. The molecule has 1 fully saturated rings. The van der Waals surface area contributed by atoms with Crippen LogP contribution in [-0.2, 0) is 17.8 Å². The molecule has 3 aromatic rings. The number of benzene rings is 3. The molecule has 0 aliphatic heterocycles. The molecular formula is C28H30BrFO2. The van der Waals surface area contributed by atoms with Crippen molar-refractivity contribution in [1.82, 2.24) is 0 Å². The first-order valence-corrected chi connectivity index (χ1v) is 12.3. The van der Waals surface area contributed by atoms with E-state index in [1.807, 2.05) is 24.3 Å². The van der Waals surface area contributed by atoms with Gasteiger partial charge in [-0.25, -0.2) is 4.39 Å². The van der Waals surface area contributed by atoms with Gasteiger partial charge >= 0.3 is 0 Å². The van der Waals surface area contributed by atoms with Gasteiger partial charge in [0.2, 0.25) is 0 Å². The second-order valence-corrected chi connectivity index (χ2v) is 9.35. The maximum Gasteiger partial charge on any atom is 0.123 e. The number of hydrogen-bond donors (Lipinski definition) is 0. The molecule has 0 radical (unpaired) electrons. The molecule has 1 aliphatic rings. The van der Waals surface area contributed by atoms with E-state index in [4.69, 9.17) is 9.47 Å². The Labute approximate surface area is 198 Å². The summed E-state index contributed by atoms with van der Waals surface area (Å²) >= 11 is 3.59. The van der Waals surface area contributed by atoms with Crippen molar-refractivity contribution in [2.24, 2.45) is 0 Å². The van der Waals surface area contributed by atoms with Crippen LogP contribution in [0.4, 0.5) is 4.39 Å². The zero-order valence-electron chi connectivity index (χ0n) is 18.5. The van der Waals surface area contributed by atoms with Crippen LogP contribution in [0.2, 0.25) is 0 Å². The van der Waals surface area contributed by atoms with Gasteiger partial charge in [0.05, 0.1) is 18.8 Å². The lowest BCUT2D eigenvalue weighted by Crippen LogP contribution is -2.28. The highest BCUT2D eigenvalue weighted by Gasteiger charge is 2.23. The normalized spacial score (nSPS) is 18.5. The van der Waals surface area contributed by atoms with Crippen LogP contribution in [0.15, 0.2) is 71.2 Å². The average molecular weight is 497 g/mol. The van der Waals surface area contributed by atoms with Gasteiger partial charge in [0.1, 0.15) is 11.6 Å². The third-order valence-corrected chi connectivity index (χ3v) is 6.87. The number of hydrogen-bond acceptors (Lipinski definition) is 2. The van der Waals surface area contributed by atoms with Crippen molar-refractivity contribution in [3.8, 4) is 16.9 Å². The second-order valence-electron chi connectivity index (χ2n) is 8.50. The molecule has 0 atom stereocenters. The van der Waals surface area contributed by atoms with Gasteiger partial charge in [0.25, 0.3) is 0 Å². The van der Waals surface area contributed by atoms with Crippen LogP contribution in [0.1, 0.15) is 50.2 Å². The molecule has 168 valence electrons. The molecule has 2 nitrogen and oxygen atoms in total. The van der Waals surface area contributed by atoms with Crippen molar-refractivity contribution in [2.75, 3.05) is 0 Å². The van der Waals surface area contributed by atoms with Crippen LogP contribution >= 0.6 is 15.9 Å². The molecule has 3 aromatic carbocycles. The quantitative estimate of drug-likeness (QED) is 0.313. The Kier molecular flexibility index (Phi) is 7.99. The maximum atomic E-state index is 13.8. The third kappa shape index (κ3) is 5.99. The van der Waals surface area contributed by atoms with Crippen LogP contribution < -0.4 is 4.74 Å². The minimum absolute atomic E-state index is 0.190. The van der Waals surface area contributed by atoms with E-state index in [2.05, 4.69) is 47.1 Å². The smallest absolute Gasteiger partial charge is 0.123 e. The van der Waals surface area contributed by atoms with Gasteiger partial charge < -0.3 is 9.47 Å². The fourth-order valence-corrected chi connectivity index (χ4v) is 4.77. The monoisotopic (exact) mass is 496 g/mol. The highest BCUT2D eigenvalue weighted by Crippen LogP contribution is 2.32. The topological polar surface area (TPSA) is 18.5 Å². The summed E-state index contributed by atoms with van der Waals surface area (Å²) in [6.07, 6.45) is 6.43. The Morgan fingerprint density at radius 2 is 1.66 bits per heavy atom. The second kappa shape index (κ2) is 11.1. The van der Waals surface area contributed by atoms with Crippen LogP contribution in [0.5, 0.6) is 5.75 Å². The Bertz CT molecular complexity index is 1030. The van der Waals surface area contributed by atoms with Crippen LogP contribution in [0.3, 0.4) is 0 Å². The van der Waals surface area contributed by atoms with E-state index in [9.17, 15) is 4.39 Å². The summed E-state index contributed by atoms with van der Waals surface area (Å²) in [5.41, 5.74) is 4.38. The molecule has 0 saturated heterocycles. The largest absolute Gasteiger partial charge is 0.490 e. The summed E-state index contributed by atoms with van der Waals surface area (Å²) in [6.45, 7) is 2.80. The molecule has 0 bridgehead atoms. The summed E-state index contributed by atoms with van der Waals surface area (Å²) in [5.74, 6) is 0.652. The lowest BCUT2D eigenvalue weighted by atomic mass is 9.94. The molecule has 1 aliphatic carbocycles. The van der Waals surface area contributed by atoms with E-state index in [1.165, 1.54) is 17.2 Å². The minimum atomic E-state index is -0.211. The molecule has 4 heteroatoms. The Morgan fingerprint density at radius 3 is 2.41 bits per heavy atom. The predicted molar refractivity (Wildman–Crippen MR) is 131 cm³/mol. The van der Waals surface area contributed by atoms with Crippen molar-refractivity contribution in [3.63, 3.8) is 0 Å². The first kappa shape index (κ1) is 23.0. The Hall–Kier alpha value is -2.17. The number of halogens is 2. The molecule has 0 amide bonds. The van der Waals surface area contributed by atoms with E-state index in [0.717, 1.165) is 59.9 Å². The van der Waals surface area contributed by atoms with Gasteiger partial charge in [0, 0.05) is 4.47 Å². The lowest BCUT2D eigenvalue weighted by molar-refractivity contribution is -0.00681. The molecular weight excluding hydrogens is 467 g/mol. The van der Waals surface area contributed by atoms with E-state index in [-0.39, 0.29) is 18.0 Å². The molecule has 0 aromatic heterocycles. The van der Waals surface area contributed by atoms with Crippen LogP contribution in [-0.4, -0.2) is 12.2 Å². The molecule has 32 heavy (non-hydrogen) atoms. The van der Waals surface area contributed by atoms with Crippen LogP contribution in [0.25, 0.3) is 11.1 Å². The average Bonchev–Trinajstić information content (AvgIpc) is 2.81. The first-order valence-electron chi connectivity index (χ1n) is 11.5. The molecule has 0 heterocycles. The third-order valence-electron chi connectivity index (χ3n) is 6.09. The summed E-state index contributed by atoms with van der Waals surface area (Å²) in [7, 11) is 0. The zero-order valence-corrected chi connectivity index (χ0v) is 20.1. The maximum absolute atomic E-state index is 13.8. The van der Waals surface area contributed by atoms with E-state index >= 15 is 0 Å². The highest BCUT2D eigenvalue weighted by molar-refractivity contribution is 9.10. The van der Waals surface area contributed by atoms with Crippen molar-refractivity contribution in [3.05, 3.63) is 88.1 Å². The van der Waals surface area contributed by atoms with E-state index in [0.29, 0.717) is 6.61 Å². The molecule has 0 unspecified atom stereocenters. The van der Waals surface area contributed by atoms with Crippen molar-refractivity contribution in [1.29, 1.82) is 0 Å². The van der Waals surface area contributed by atoms with Gasteiger partial charge in [-0.2, -0.15) is 0 Å². The molecule has 4 rings (SSSR count). The SMILES string of the molecule is CCCc1ccc(OC2CCC(OCc3ccccc3Br)CC2)cc1-c1cccc(F)c1. The Morgan fingerprint density at radius 1 is 0.875 bits per heavy atom. The van der Waals surface area contributed by atoms with Crippen molar-refractivity contribution >= 4 is 15.9 Å². The summed E-state index contributed by atoms with van der Waals surface area (Å²) in [5, 5.41) is 0. The van der Waals surface area contributed by atoms with E-state index < -0.39 is 0 Å². The number of ether oxygens (including phenoxy) is 2. The summed E-state index contributed by atoms with van der Waals surface area (Å²) < 4.78 is 27.4. The van der Waals surface area contributed by atoms with Crippen LogP contribution in [0, 0.1) is 5.82 Å². The van der Waals surface area contributed by atoms with Gasteiger partial charge in [-0.05, 0) is 84.7 Å². The first-order chi connectivity index (χ1) is 15.6. The lowest BCUT2D eigenvalue weighted by Gasteiger charge is -2.29. The Balaban J connectivity index is 1.36. The fourth-order valence-electron chi connectivity index (χ4n) is 4.37. The summed E-state index contributed by atoms with van der Waals surface area (Å²) in [6, 6.07) is 21.3. The summed E-state index contributed by atoms with van der Waals surface area (Å²) in [4.78, 5) is 0. The number of aryl methyl sites for hydroxylation is 1. The highest BCUT2D eigenvalue weighted by atomic mass is 79.9. The number of rotatable bonds is 8. The minimum Gasteiger partial charge on any atom is -0.490 e.